The minimum absolute atomic E-state index is 0.0517. The Bertz CT molecular complexity index is 600. The van der Waals surface area contributed by atoms with E-state index in [1.807, 2.05) is 31.2 Å². The average Bonchev–Trinajstić information content (AvgIpc) is 3.00. The van der Waals surface area contributed by atoms with Gasteiger partial charge in [-0.2, -0.15) is 0 Å². The first-order valence-corrected chi connectivity index (χ1v) is 6.77. The molecule has 4 rings (SSSR count). The number of rotatable bonds is 1. The molecule has 0 unspecified atom stereocenters. The SMILES string of the molecule is Cc1ccc(C2=N[C@@H]3[C@H](C(=O)O2)[C@H]2C=C[C@@H]3C2)cc1. The number of carbonyl (C=O) groups is 1. The number of cyclic esters (lactones) is 1. The Labute approximate surface area is 112 Å². The predicted octanol–water partition coefficient (Wildman–Crippen LogP) is 2.49. The van der Waals surface area contributed by atoms with Crippen LogP contribution in [0, 0.1) is 24.7 Å². The number of aryl methyl sites for hydroxylation is 1. The van der Waals surface area contributed by atoms with Crippen molar-refractivity contribution in [3.05, 3.63) is 47.5 Å². The number of fused-ring (bicyclic) bond motifs is 5. The Balaban J connectivity index is 1.73. The second-order valence-electron chi connectivity index (χ2n) is 5.69. The molecule has 2 aliphatic carbocycles. The summed E-state index contributed by atoms with van der Waals surface area (Å²) in [7, 11) is 0. The molecule has 1 aliphatic heterocycles. The Morgan fingerprint density at radius 1 is 1.16 bits per heavy atom. The van der Waals surface area contributed by atoms with Gasteiger partial charge in [-0.25, -0.2) is 4.99 Å². The van der Waals surface area contributed by atoms with Crippen molar-refractivity contribution < 1.29 is 9.53 Å². The number of esters is 1. The van der Waals surface area contributed by atoms with Gasteiger partial charge in [-0.1, -0.05) is 29.8 Å². The molecule has 1 fully saturated rings. The van der Waals surface area contributed by atoms with E-state index in [2.05, 4.69) is 12.2 Å². The molecular weight excluding hydrogens is 238 g/mol. The lowest BCUT2D eigenvalue weighted by molar-refractivity contribution is -0.142. The van der Waals surface area contributed by atoms with Gasteiger partial charge in [0.25, 0.3) is 0 Å². The largest absolute Gasteiger partial charge is 0.407 e. The smallest absolute Gasteiger partial charge is 0.318 e. The van der Waals surface area contributed by atoms with E-state index in [1.54, 1.807) is 0 Å². The van der Waals surface area contributed by atoms with Gasteiger partial charge < -0.3 is 4.74 Å². The number of ether oxygens (including phenoxy) is 1. The third kappa shape index (κ3) is 1.57. The first kappa shape index (κ1) is 11.0. The highest BCUT2D eigenvalue weighted by Gasteiger charge is 2.51. The lowest BCUT2D eigenvalue weighted by atomic mass is 9.88. The fourth-order valence-corrected chi connectivity index (χ4v) is 3.44. The number of nitrogens with zero attached hydrogens (tertiary/aromatic N) is 1. The Kier molecular flexibility index (Phi) is 2.19. The fourth-order valence-electron chi connectivity index (χ4n) is 3.44. The van der Waals surface area contributed by atoms with Crippen molar-refractivity contribution in [3.63, 3.8) is 0 Å². The Hall–Kier alpha value is -1.90. The van der Waals surface area contributed by atoms with Crippen molar-refractivity contribution in [1.29, 1.82) is 0 Å². The molecule has 0 saturated heterocycles. The minimum Gasteiger partial charge on any atom is -0.407 e. The standard InChI is InChI=1S/C16H15NO2/c1-9-2-4-10(5-3-9)15-17-14-12-7-6-11(8-12)13(14)16(18)19-15/h2-7,11-14H,8H2,1H3/t11-,12+,13+,14-/m0/s1. The maximum absolute atomic E-state index is 12.2. The van der Waals surface area contributed by atoms with E-state index in [0.717, 1.165) is 12.0 Å². The molecule has 1 aromatic rings. The van der Waals surface area contributed by atoms with Crippen molar-refractivity contribution in [1.82, 2.24) is 0 Å². The summed E-state index contributed by atoms with van der Waals surface area (Å²) in [6.45, 7) is 2.04. The van der Waals surface area contributed by atoms with E-state index in [9.17, 15) is 4.79 Å². The molecule has 0 amide bonds. The monoisotopic (exact) mass is 253 g/mol. The summed E-state index contributed by atoms with van der Waals surface area (Å²) in [4.78, 5) is 16.9. The third-order valence-electron chi connectivity index (χ3n) is 4.45. The molecule has 4 atom stereocenters. The molecule has 19 heavy (non-hydrogen) atoms. The van der Waals surface area contributed by atoms with Crippen molar-refractivity contribution in [2.75, 3.05) is 0 Å². The Morgan fingerprint density at radius 2 is 1.89 bits per heavy atom. The van der Waals surface area contributed by atoms with Crippen LogP contribution in [-0.2, 0) is 9.53 Å². The van der Waals surface area contributed by atoms with Gasteiger partial charge in [0.2, 0.25) is 5.90 Å². The second kappa shape index (κ2) is 3.80. The normalized spacial score (nSPS) is 35.0. The van der Waals surface area contributed by atoms with Crippen LogP contribution >= 0.6 is 0 Å². The van der Waals surface area contributed by atoms with Crippen LogP contribution in [0.1, 0.15) is 17.5 Å². The first-order valence-electron chi connectivity index (χ1n) is 6.77. The topological polar surface area (TPSA) is 38.7 Å². The highest BCUT2D eigenvalue weighted by molar-refractivity contribution is 6.03. The van der Waals surface area contributed by atoms with Crippen molar-refractivity contribution >= 4 is 11.9 Å². The van der Waals surface area contributed by atoms with Crippen LogP contribution in [-0.4, -0.2) is 17.9 Å². The summed E-state index contributed by atoms with van der Waals surface area (Å²) in [5, 5.41) is 0. The van der Waals surface area contributed by atoms with Gasteiger partial charge >= 0.3 is 5.97 Å². The second-order valence-corrected chi connectivity index (χ2v) is 5.69. The summed E-state index contributed by atoms with van der Waals surface area (Å²) in [6.07, 6.45) is 5.41. The number of allylic oxidation sites excluding steroid dienone is 1. The average molecular weight is 253 g/mol. The van der Waals surface area contributed by atoms with Gasteiger partial charge in [0.1, 0.15) is 0 Å². The zero-order valence-corrected chi connectivity index (χ0v) is 10.7. The van der Waals surface area contributed by atoms with Gasteiger partial charge in [-0.15, -0.1) is 0 Å². The number of aliphatic imine (C=N–C) groups is 1. The quantitative estimate of drug-likeness (QED) is 0.569. The number of carbonyl (C=O) groups excluding carboxylic acids is 1. The van der Waals surface area contributed by atoms with E-state index in [1.165, 1.54) is 5.56 Å². The number of benzene rings is 1. The summed E-state index contributed by atoms with van der Waals surface area (Å²) in [5.41, 5.74) is 2.08. The van der Waals surface area contributed by atoms with Crippen LogP contribution in [0.3, 0.4) is 0 Å². The third-order valence-corrected chi connectivity index (χ3v) is 4.45. The molecule has 0 radical (unpaired) electrons. The molecule has 1 aromatic carbocycles. The van der Waals surface area contributed by atoms with Crippen molar-refractivity contribution in [3.8, 4) is 0 Å². The molecule has 0 aromatic heterocycles. The molecule has 2 bridgehead atoms. The van der Waals surface area contributed by atoms with E-state index in [-0.39, 0.29) is 17.9 Å². The van der Waals surface area contributed by atoms with Crippen LogP contribution in [0.4, 0.5) is 0 Å². The maximum atomic E-state index is 12.2. The van der Waals surface area contributed by atoms with E-state index in [0.29, 0.717) is 17.7 Å². The summed E-state index contributed by atoms with van der Waals surface area (Å²) in [5.74, 6) is 1.10. The van der Waals surface area contributed by atoms with Gasteiger partial charge in [0.15, 0.2) is 0 Å². The van der Waals surface area contributed by atoms with E-state index in [4.69, 9.17) is 9.73 Å². The lowest BCUT2D eigenvalue weighted by Crippen LogP contribution is -2.38. The van der Waals surface area contributed by atoms with Gasteiger partial charge in [-0.05, 0) is 31.4 Å². The minimum atomic E-state index is -0.104. The highest BCUT2D eigenvalue weighted by Crippen LogP contribution is 2.47. The molecule has 0 spiro atoms. The molecule has 96 valence electrons. The van der Waals surface area contributed by atoms with Crippen LogP contribution < -0.4 is 0 Å². The van der Waals surface area contributed by atoms with Gasteiger partial charge in [0.05, 0.1) is 12.0 Å². The van der Waals surface area contributed by atoms with Crippen LogP contribution in [0.15, 0.2) is 41.4 Å². The number of hydrogen-bond acceptors (Lipinski definition) is 3. The van der Waals surface area contributed by atoms with Gasteiger partial charge in [-0.3, -0.25) is 4.79 Å². The number of hydrogen-bond donors (Lipinski definition) is 0. The first-order chi connectivity index (χ1) is 9.22. The van der Waals surface area contributed by atoms with Crippen LogP contribution in [0.5, 0.6) is 0 Å². The summed E-state index contributed by atoms with van der Waals surface area (Å²) < 4.78 is 5.46. The molecular formula is C16H15NO2. The van der Waals surface area contributed by atoms with Crippen LogP contribution in [0.2, 0.25) is 0 Å². The highest BCUT2D eigenvalue weighted by atomic mass is 16.5. The summed E-state index contributed by atoms with van der Waals surface area (Å²) >= 11 is 0. The molecule has 1 heterocycles. The molecule has 1 saturated carbocycles. The fraction of sp³-hybridized carbons (Fsp3) is 0.375. The summed E-state index contributed by atoms with van der Waals surface area (Å²) in [6, 6.07) is 8.04. The molecule has 3 aliphatic rings. The Morgan fingerprint density at radius 3 is 2.68 bits per heavy atom. The maximum Gasteiger partial charge on any atom is 0.318 e. The van der Waals surface area contributed by atoms with Crippen molar-refractivity contribution in [2.24, 2.45) is 22.7 Å². The molecule has 3 heteroatoms. The molecule has 0 N–H and O–H groups in total. The predicted molar refractivity (Wildman–Crippen MR) is 71.8 cm³/mol. The van der Waals surface area contributed by atoms with Crippen molar-refractivity contribution in [2.45, 2.75) is 19.4 Å². The van der Waals surface area contributed by atoms with E-state index >= 15 is 0 Å². The van der Waals surface area contributed by atoms with Crippen LogP contribution in [0.25, 0.3) is 0 Å². The van der Waals surface area contributed by atoms with E-state index < -0.39 is 0 Å². The van der Waals surface area contributed by atoms with Gasteiger partial charge in [0, 0.05) is 11.5 Å². The molecule has 3 nitrogen and oxygen atoms in total. The zero-order chi connectivity index (χ0) is 13.0. The lowest BCUT2D eigenvalue weighted by Gasteiger charge is -2.28. The zero-order valence-electron chi connectivity index (χ0n) is 10.7.